The summed E-state index contributed by atoms with van der Waals surface area (Å²) in [6, 6.07) is 1.56. The Balaban J connectivity index is 1.99. The molecule has 1 aliphatic heterocycles. The van der Waals surface area contributed by atoms with Gasteiger partial charge in [0.2, 0.25) is 0 Å². The molecule has 0 aromatic carbocycles. The predicted octanol–water partition coefficient (Wildman–Crippen LogP) is 2.64. The summed E-state index contributed by atoms with van der Waals surface area (Å²) in [5.41, 5.74) is 0.536. The fraction of sp³-hybridized carbons (Fsp3) is 1.00. The van der Waals surface area contributed by atoms with E-state index in [4.69, 9.17) is 0 Å². The Labute approximate surface area is 101 Å². The summed E-state index contributed by atoms with van der Waals surface area (Å²) in [5.74, 6) is 0. The number of hydrogen-bond acceptors (Lipinski definition) is 2. The van der Waals surface area contributed by atoms with Crippen LogP contribution in [0.15, 0.2) is 0 Å². The molecule has 0 amide bonds. The molecule has 2 aliphatic rings. The van der Waals surface area contributed by atoms with Crippen molar-refractivity contribution in [3.05, 3.63) is 0 Å². The van der Waals surface area contributed by atoms with Crippen molar-refractivity contribution >= 4 is 0 Å². The topological polar surface area (TPSA) is 15.3 Å². The van der Waals surface area contributed by atoms with Crippen molar-refractivity contribution in [1.82, 2.24) is 10.2 Å². The lowest BCUT2D eigenvalue weighted by Gasteiger charge is -2.48. The highest BCUT2D eigenvalue weighted by molar-refractivity contribution is 4.92. The van der Waals surface area contributed by atoms with Crippen molar-refractivity contribution < 1.29 is 0 Å². The van der Waals surface area contributed by atoms with Gasteiger partial charge in [-0.2, -0.15) is 0 Å². The third-order valence-corrected chi connectivity index (χ3v) is 4.67. The van der Waals surface area contributed by atoms with Gasteiger partial charge >= 0.3 is 0 Å². The molecule has 0 spiro atoms. The van der Waals surface area contributed by atoms with Crippen LogP contribution in [0.4, 0.5) is 0 Å². The zero-order chi connectivity index (χ0) is 11.6. The Morgan fingerprint density at radius 2 is 2.12 bits per heavy atom. The maximum absolute atomic E-state index is 3.62. The van der Waals surface area contributed by atoms with E-state index in [1.54, 1.807) is 0 Å². The molecule has 0 bridgehead atoms. The molecule has 16 heavy (non-hydrogen) atoms. The van der Waals surface area contributed by atoms with Crippen LogP contribution in [-0.2, 0) is 0 Å². The minimum atomic E-state index is 0.536. The molecule has 1 aliphatic carbocycles. The largest absolute Gasteiger partial charge is 0.311 e. The Morgan fingerprint density at radius 3 is 2.81 bits per heavy atom. The van der Waals surface area contributed by atoms with Crippen molar-refractivity contribution in [1.29, 1.82) is 0 Å². The van der Waals surface area contributed by atoms with Gasteiger partial charge in [0.15, 0.2) is 0 Å². The van der Waals surface area contributed by atoms with Gasteiger partial charge < -0.3 is 5.32 Å². The van der Waals surface area contributed by atoms with Gasteiger partial charge in [0.05, 0.1) is 0 Å². The molecular weight excluding hydrogens is 196 g/mol. The van der Waals surface area contributed by atoms with Crippen molar-refractivity contribution in [2.75, 3.05) is 19.6 Å². The van der Waals surface area contributed by atoms with Crippen LogP contribution in [0, 0.1) is 5.41 Å². The van der Waals surface area contributed by atoms with Gasteiger partial charge in [0, 0.05) is 31.7 Å². The molecule has 2 rings (SSSR count). The third-order valence-electron chi connectivity index (χ3n) is 4.67. The van der Waals surface area contributed by atoms with Crippen molar-refractivity contribution in [2.45, 2.75) is 65.0 Å². The van der Waals surface area contributed by atoms with Gasteiger partial charge in [-0.25, -0.2) is 0 Å². The van der Waals surface area contributed by atoms with E-state index in [9.17, 15) is 0 Å². The number of piperazine rings is 1. The highest BCUT2D eigenvalue weighted by Crippen LogP contribution is 2.38. The summed E-state index contributed by atoms with van der Waals surface area (Å²) in [4.78, 5) is 2.77. The standard InChI is InChI=1S/C14H28N2/c1-4-12-11-16(10-9-15-12)13-7-5-6-8-14(13,2)3/h12-13,15H,4-11H2,1-3H3. The molecule has 1 heterocycles. The van der Waals surface area contributed by atoms with E-state index in [1.807, 2.05) is 0 Å². The minimum Gasteiger partial charge on any atom is -0.311 e. The monoisotopic (exact) mass is 224 g/mol. The lowest BCUT2D eigenvalue weighted by atomic mass is 9.72. The molecule has 1 N–H and O–H groups in total. The summed E-state index contributed by atoms with van der Waals surface area (Å²) >= 11 is 0. The SMILES string of the molecule is CCC1CN(C2CCCCC2(C)C)CCN1. The maximum Gasteiger partial charge on any atom is 0.0193 e. The number of rotatable bonds is 2. The average Bonchev–Trinajstić information content (AvgIpc) is 2.28. The summed E-state index contributed by atoms with van der Waals surface area (Å²) < 4.78 is 0. The van der Waals surface area contributed by atoms with Gasteiger partial charge in [0.25, 0.3) is 0 Å². The first-order valence-electron chi connectivity index (χ1n) is 7.11. The molecule has 2 heteroatoms. The maximum atomic E-state index is 3.62. The minimum absolute atomic E-state index is 0.536. The average molecular weight is 224 g/mol. The molecular formula is C14H28N2. The molecule has 2 nitrogen and oxygen atoms in total. The van der Waals surface area contributed by atoms with Gasteiger partial charge in [-0.05, 0) is 24.7 Å². The Hall–Kier alpha value is -0.0800. The quantitative estimate of drug-likeness (QED) is 0.776. The third kappa shape index (κ3) is 2.60. The Kier molecular flexibility index (Phi) is 3.91. The van der Waals surface area contributed by atoms with Crippen molar-refractivity contribution in [2.24, 2.45) is 5.41 Å². The zero-order valence-electron chi connectivity index (χ0n) is 11.3. The lowest BCUT2D eigenvalue weighted by molar-refractivity contribution is 0.0289. The number of nitrogens with one attached hydrogen (secondary N) is 1. The first-order chi connectivity index (χ1) is 7.63. The van der Waals surface area contributed by atoms with E-state index in [0.717, 1.165) is 12.1 Å². The van der Waals surface area contributed by atoms with E-state index in [1.165, 1.54) is 51.7 Å². The second-order valence-corrected chi connectivity index (χ2v) is 6.30. The van der Waals surface area contributed by atoms with Crippen LogP contribution >= 0.6 is 0 Å². The van der Waals surface area contributed by atoms with E-state index >= 15 is 0 Å². The molecule has 2 atom stereocenters. The molecule has 94 valence electrons. The van der Waals surface area contributed by atoms with Gasteiger partial charge in [-0.1, -0.05) is 33.6 Å². The molecule has 0 radical (unpaired) electrons. The fourth-order valence-corrected chi connectivity index (χ4v) is 3.56. The van der Waals surface area contributed by atoms with E-state index < -0.39 is 0 Å². The van der Waals surface area contributed by atoms with Crippen LogP contribution in [0.2, 0.25) is 0 Å². The second kappa shape index (κ2) is 5.05. The number of nitrogens with zero attached hydrogens (tertiary/aromatic N) is 1. The molecule has 1 saturated carbocycles. The molecule has 2 fully saturated rings. The predicted molar refractivity (Wildman–Crippen MR) is 69.7 cm³/mol. The lowest BCUT2D eigenvalue weighted by Crippen LogP contribution is -2.57. The highest BCUT2D eigenvalue weighted by atomic mass is 15.2. The molecule has 0 aromatic rings. The summed E-state index contributed by atoms with van der Waals surface area (Å²) in [7, 11) is 0. The van der Waals surface area contributed by atoms with Crippen LogP contribution in [0.5, 0.6) is 0 Å². The van der Waals surface area contributed by atoms with Crippen molar-refractivity contribution in [3.63, 3.8) is 0 Å². The molecule has 1 saturated heterocycles. The van der Waals surface area contributed by atoms with Gasteiger partial charge in [0.1, 0.15) is 0 Å². The second-order valence-electron chi connectivity index (χ2n) is 6.30. The van der Waals surface area contributed by atoms with Gasteiger partial charge in [-0.15, -0.1) is 0 Å². The first-order valence-corrected chi connectivity index (χ1v) is 7.11. The Morgan fingerprint density at radius 1 is 1.31 bits per heavy atom. The van der Waals surface area contributed by atoms with E-state index in [0.29, 0.717) is 5.41 Å². The van der Waals surface area contributed by atoms with E-state index in [2.05, 4.69) is 31.0 Å². The fourth-order valence-electron chi connectivity index (χ4n) is 3.56. The normalized spacial score (nSPS) is 36.2. The van der Waals surface area contributed by atoms with Gasteiger partial charge in [-0.3, -0.25) is 4.90 Å². The highest BCUT2D eigenvalue weighted by Gasteiger charge is 2.37. The van der Waals surface area contributed by atoms with Crippen LogP contribution in [-0.4, -0.2) is 36.6 Å². The zero-order valence-corrected chi connectivity index (χ0v) is 11.3. The smallest absolute Gasteiger partial charge is 0.0193 e. The van der Waals surface area contributed by atoms with Crippen LogP contribution < -0.4 is 5.32 Å². The first kappa shape index (κ1) is 12.4. The summed E-state index contributed by atoms with van der Waals surface area (Å²) in [5, 5.41) is 3.62. The van der Waals surface area contributed by atoms with Crippen LogP contribution in [0.1, 0.15) is 52.9 Å². The van der Waals surface area contributed by atoms with E-state index in [-0.39, 0.29) is 0 Å². The van der Waals surface area contributed by atoms with Crippen molar-refractivity contribution in [3.8, 4) is 0 Å². The molecule has 0 aromatic heterocycles. The van der Waals surface area contributed by atoms with Crippen LogP contribution in [0.3, 0.4) is 0 Å². The summed E-state index contributed by atoms with van der Waals surface area (Å²) in [6.45, 7) is 11.0. The summed E-state index contributed by atoms with van der Waals surface area (Å²) in [6.07, 6.45) is 6.98. The number of hydrogen-bond donors (Lipinski definition) is 1. The van der Waals surface area contributed by atoms with Crippen LogP contribution in [0.25, 0.3) is 0 Å². The molecule has 2 unspecified atom stereocenters. The Bertz CT molecular complexity index is 225.